The molecule has 0 heterocycles. The minimum absolute atomic E-state index is 0.296. The quantitative estimate of drug-likeness (QED) is 0.282. The van der Waals surface area contributed by atoms with E-state index in [-0.39, 0.29) is 0 Å². The predicted octanol–water partition coefficient (Wildman–Crippen LogP) is 5.75. The van der Waals surface area contributed by atoms with E-state index in [2.05, 4.69) is 10.5 Å². The highest BCUT2D eigenvalue weighted by Crippen LogP contribution is 2.37. The molecule has 34 heavy (non-hydrogen) atoms. The molecule has 3 aromatic carbocycles. The molecule has 0 aliphatic heterocycles. The fourth-order valence-electron chi connectivity index (χ4n) is 2.97. The molecule has 178 valence electrons. The molecule has 9 heteroatoms. The van der Waals surface area contributed by atoms with E-state index in [0.717, 1.165) is 5.56 Å². The van der Waals surface area contributed by atoms with Gasteiger partial charge in [-0.15, -0.1) is 0 Å². The van der Waals surface area contributed by atoms with Crippen molar-refractivity contribution in [1.29, 1.82) is 0 Å². The van der Waals surface area contributed by atoms with Crippen molar-refractivity contribution in [2.24, 2.45) is 5.10 Å². The Labute approximate surface area is 208 Å². The molecule has 0 unspecified atom stereocenters. The summed E-state index contributed by atoms with van der Waals surface area (Å²) in [6.07, 6.45) is 1.46. The largest absolute Gasteiger partial charge is 0.497 e. The van der Waals surface area contributed by atoms with E-state index in [1.54, 1.807) is 42.5 Å². The number of methoxy groups -OCH3 is 2. The van der Waals surface area contributed by atoms with Crippen molar-refractivity contribution in [2.45, 2.75) is 13.5 Å². The average Bonchev–Trinajstić information content (AvgIpc) is 2.84. The summed E-state index contributed by atoms with van der Waals surface area (Å²) in [6, 6.07) is 15.6. The molecule has 1 N–H and O–H groups in total. The Morgan fingerprint density at radius 2 is 1.65 bits per heavy atom. The van der Waals surface area contributed by atoms with Crippen molar-refractivity contribution in [3.05, 3.63) is 81.3 Å². The van der Waals surface area contributed by atoms with Crippen LogP contribution in [-0.2, 0) is 6.61 Å². The first-order chi connectivity index (χ1) is 16.4. The first kappa shape index (κ1) is 25.2. The predicted molar refractivity (Wildman–Crippen MR) is 133 cm³/mol. The zero-order valence-electron chi connectivity index (χ0n) is 18.9. The van der Waals surface area contributed by atoms with Gasteiger partial charge in [0.1, 0.15) is 18.1 Å². The first-order valence-electron chi connectivity index (χ1n) is 10.3. The van der Waals surface area contributed by atoms with Crippen LogP contribution in [0.15, 0.2) is 59.7 Å². The first-order valence-corrected chi connectivity index (χ1v) is 11.1. The molecule has 0 radical (unpaired) electrons. The number of nitrogens with zero attached hydrogens (tertiary/aromatic N) is 1. The summed E-state index contributed by atoms with van der Waals surface area (Å²) in [6.45, 7) is 2.58. The Morgan fingerprint density at radius 3 is 2.26 bits per heavy atom. The third-order valence-electron chi connectivity index (χ3n) is 4.62. The molecule has 0 aliphatic rings. The smallest absolute Gasteiger partial charge is 0.271 e. The van der Waals surface area contributed by atoms with Gasteiger partial charge in [-0.3, -0.25) is 4.79 Å². The van der Waals surface area contributed by atoms with Crippen LogP contribution >= 0.6 is 23.2 Å². The molecular formula is C25H24Cl2N2O5. The molecule has 3 aromatic rings. The lowest BCUT2D eigenvalue weighted by Gasteiger charge is -2.14. The zero-order chi connectivity index (χ0) is 24.5. The molecule has 0 spiro atoms. The number of ether oxygens (including phenoxy) is 4. The van der Waals surface area contributed by atoms with E-state index >= 15 is 0 Å². The molecule has 0 aromatic heterocycles. The lowest BCUT2D eigenvalue weighted by atomic mass is 10.2. The summed E-state index contributed by atoms with van der Waals surface area (Å²) in [7, 11) is 3.02. The van der Waals surface area contributed by atoms with Crippen LogP contribution in [0.4, 0.5) is 0 Å². The minimum Gasteiger partial charge on any atom is -0.497 e. The summed E-state index contributed by atoms with van der Waals surface area (Å²) in [5, 5.41) is 5.03. The Bertz CT molecular complexity index is 1140. The number of halogens is 2. The fourth-order valence-corrected chi connectivity index (χ4v) is 3.37. The van der Waals surface area contributed by atoms with E-state index in [4.69, 9.17) is 42.1 Å². The van der Waals surface area contributed by atoms with Gasteiger partial charge in [0.05, 0.1) is 32.1 Å². The zero-order valence-corrected chi connectivity index (χ0v) is 20.4. The summed E-state index contributed by atoms with van der Waals surface area (Å²) < 4.78 is 22.0. The van der Waals surface area contributed by atoms with Crippen LogP contribution in [0.5, 0.6) is 23.0 Å². The summed E-state index contributed by atoms with van der Waals surface area (Å²) in [5.41, 5.74) is 4.38. The number of hydrogen-bond donors (Lipinski definition) is 1. The number of hydrogen-bond acceptors (Lipinski definition) is 6. The van der Waals surface area contributed by atoms with E-state index in [0.29, 0.717) is 57.4 Å². The van der Waals surface area contributed by atoms with Crippen LogP contribution in [0.3, 0.4) is 0 Å². The maximum absolute atomic E-state index is 12.5. The van der Waals surface area contributed by atoms with Gasteiger partial charge in [0, 0.05) is 16.7 Å². The van der Waals surface area contributed by atoms with E-state index in [1.165, 1.54) is 20.4 Å². The van der Waals surface area contributed by atoms with E-state index in [1.807, 2.05) is 19.1 Å². The summed E-state index contributed by atoms with van der Waals surface area (Å²) in [4.78, 5) is 12.5. The van der Waals surface area contributed by atoms with Gasteiger partial charge >= 0.3 is 0 Å². The molecule has 3 rings (SSSR count). The molecule has 0 fully saturated rings. The third kappa shape index (κ3) is 6.79. The summed E-state index contributed by atoms with van der Waals surface area (Å²) >= 11 is 12.4. The van der Waals surface area contributed by atoms with Gasteiger partial charge in [-0.2, -0.15) is 5.10 Å². The number of amides is 1. The Kier molecular flexibility index (Phi) is 9.01. The fraction of sp³-hybridized carbons (Fsp3) is 0.200. The second-order valence-corrected chi connectivity index (χ2v) is 7.82. The van der Waals surface area contributed by atoms with Crippen LogP contribution in [-0.4, -0.2) is 32.9 Å². The number of nitrogens with one attached hydrogen (secondary N) is 1. The van der Waals surface area contributed by atoms with Crippen molar-refractivity contribution in [1.82, 2.24) is 5.43 Å². The number of hydrazone groups is 1. The topological polar surface area (TPSA) is 78.4 Å². The van der Waals surface area contributed by atoms with Crippen molar-refractivity contribution >= 4 is 35.3 Å². The van der Waals surface area contributed by atoms with Crippen LogP contribution < -0.4 is 24.4 Å². The van der Waals surface area contributed by atoms with Crippen molar-refractivity contribution in [3.63, 3.8) is 0 Å². The summed E-state index contributed by atoms with van der Waals surface area (Å²) in [5.74, 6) is 1.46. The second kappa shape index (κ2) is 12.2. The van der Waals surface area contributed by atoms with Gasteiger partial charge in [-0.05, 0) is 54.4 Å². The molecule has 0 aliphatic carbocycles. The normalized spacial score (nSPS) is 10.7. The van der Waals surface area contributed by atoms with Gasteiger partial charge in [0.25, 0.3) is 5.91 Å². The number of carbonyl (C=O) groups is 1. The maximum atomic E-state index is 12.5. The van der Waals surface area contributed by atoms with Crippen molar-refractivity contribution < 1.29 is 23.7 Å². The number of rotatable bonds is 10. The van der Waals surface area contributed by atoms with Crippen LogP contribution in [0.25, 0.3) is 0 Å². The average molecular weight is 503 g/mol. The molecule has 0 saturated heterocycles. The maximum Gasteiger partial charge on any atom is 0.271 e. The number of carbonyl (C=O) groups excluding carboxylic acids is 1. The number of benzene rings is 3. The van der Waals surface area contributed by atoms with E-state index in [9.17, 15) is 4.79 Å². The van der Waals surface area contributed by atoms with E-state index < -0.39 is 5.91 Å². The molecule has 0 saturated carbocycles. The van der Waals surface area contributed by atoms with Gasteiger partial charge in [0.15, 0.2) is 11.5 Å². The lowest BCUT2D eigenvalue weighted by molar-refractivity contribution is 0.0954. The highest BCUT2D eigenvalue weighted by molar-refractivity contribution is 6.32. The van der Waals surface area contributed by atoms with Gasteiger partial charge in [-0.1, -0.05) is 35.3 Å². The van der Waals surface area contributed by atoms with Gasteiger partial charge in [-0.25, -0.2) is 5.43 Å². The second-order valence-electron chi connectivity index (χ2n) is 6.98. The molecular weight excluding hydrogens is 479 g/mol. The Hall–Kier alpha value is -3.42. The molecule has 0 bridgehead atoms. The standard InChI is InChI=1S/C25H24Cl2N2O5/c1-4-33-23-10-17(9-22(27)24(23)34-15-16-5-7-19(26)8-6-16)14-28-29-25(30)18-11-20(31-2)13-21(12-18)32-3/h5-14H,4,15H2,1-3H3,(H,29,30)/b28-14-. The van der Waals surface area contributed by atoms with Crippen molar-refractivity contribution in [3.8, 4) is 23.0 Å². The SMILES string of the molecule is CCOc1cc(/C=N\NC(=O)c2cc(OC)cc(OC)c2)cc(Cl)c1OCc1ccc(Cl)cc1. The highest BCUT2D eigenvalue weighted by atomic mass is 35.5. The molecule has 1 amide bonds. The molecule has 0 atom stereocenters. The highest BCUT2D eigenvalue weighted by Gasteiger charge is 2.13. The van der Waals surface area contributed by atoms with Gasteiger partial charge < -0.3 is 18.9 Å². The Balaban J connectivity index is 1.73. The van der Waals surface area contributed by atoms with Crippen molar-refractivity contribution in [2.75, 3.05) is 20.8 Å². The van der Waals surface area contributed by atoms with Crippen LogP contribution in [0.1, 0.15) is 28.4 Å². The molecule has 7 nitrogen and oxygen atoms in total. The Morgan fingerprint density at radius 1 is 0.971 bits per heavy atom. The lowest BCUT2D eigenvalue weighted by Crippen LogP contribution is -2.17. The minimum atomic E-state index is -0.424. The third-order valence-corrected chi connectivity index (χ3v) is 5.15. The van der Waals surface area contributed by atoms with Crippen LogP contribution in [0.2, 0.25) is 10.0 Å². The van der Waals surface area contributed by atoms with Gasteiger partial charge in [0.2, 0.25) is 0 Å². The van der Waals surface area contributed by atoms with Crippen LogP contribution in [0, 0.1) is 0 Å². The monoisotopic (exact) mass is 502 g/mol.